The summed E-state index contributed by atoms with van der Waals surface area (Å²) in [6.45, 7) is 0. The number of rotatable bonds is 6. The van der Waals surface area contributed by atoms with Crippen LogP contribution in [-0.4, -0.2) is 18.0 Å². The molecule has 8 heteroatoms. The molecular weight excluding hydrogens is 453 g/mol. The summed E-state index contributed by atoms with van der Waals surface area (Å²) in [4.78, 5) is 16.0. The molecule has 2 N–H and O–H groups in total. The Morgan fingerprint density at radius 2 is 1.85 bits per heavy atom. The number of benzene rings is 3. The largest absolute Gasteiger partial charge is 0.497 e. The average Bonchev–Trinajstić information content (AvgIpc) is 3.20. The first kappa shape index (κ1) is 22.7. The van der Waals surface area contributed by atoms with Gasteiger partial charge in [0.1, 0.15) is 5.75 Å². The number of methoxy groups -OCH3 is 1. The van der Waals surface area contributed by atoms with Gasteiger partial charge in [-0.3, -0.25) is 4.79 Å². The number of hydrogen-bond acceptors (Lipinski definition) is 2. The van der Waals surface area contributed by atoms with Crippen LogP contribution < -0.4 is 10.1 Å². The zero-order valence-corrected chi connectivity index (χ0v) is 18.3. The number of H-pyrrole nitrogens is 1. The van der Waals surface area contributed by atoms with E-state index >= 15 is 0 Å². The van der Waals surface area contributed by atoms with Crippen LogP contribution in [0.2, 0.25) is 5.02 Å². The monoisotopic (exact) mass is 472 g/mol. The Kier molecular flexibility index (Phi) is 6.33. The van der Waals surface area contributed by atoms with Gasteiger partial charge in [0.25, 0.3) is 0 Å². The molecule has 0 spiro atoms. The van der Waals surface area contributed by atoms with Gasteiger partial charge < -0.3 is 15.0 Å². The fourth-order valence-electron chi connectivity index (χ4n) is 3.84. The van der Waals surface area contributed by atoms with Gasteiger partial charge in [-0.2, -0.15) is 13.2 Å². The molecule has 1 amide bonds. The van der Waals surface area contributed by atoms with Crippen LogP contribution >= 0.6 is 11.6 Å². The van der Waals surface area contributed by atoms with Gasteiger partial charge in [0.2, 0.25) is 5.91 Å². The fraction of sp³-hybridized carbons (Fsp3) is 0.160. The van der Waals surface area contributed by atoms with Crippen LogP contribution in [-0.2, 0) is 11.0 Å². The van der Waals surface area contributed by atoms with Gasteiger partial charge in [-0.05, 0) is 53.6 Å². The second-order valence-corrected chi connectivity index (χ2v) is 7.97. The number of amides is 1. The lowest BCUT2D eigenvalue weighted by Gasteiger charge is -2.19. The number of para-hydroxylation sites is 1. The van der Waals surface area contributed by atoms with Gasteiger partial charge in [-0.1, -0.05) is 35.9 Å². The summed E-state index contributed by atoms with van der Waals surface area (Å²) in [5, 5.41) is 3.18. The van der Waals surface area contributed by atoms with Gasteiger partial charge in [0, 0.05) is 35.1 Å². The van der Waals surface area contributed by atoms with E-state index in [9.17, 15) is 18.0 Å². The third kappa shape index (κ3) is 4.98. The van der Waals surface area contributed by atoms with Gasteiger partial charge in [-0.25, -0.2) is 0 Å². The number of anilines is 1. The number of carbonyl (C=O) groups is 1. The first-order valence-corrected chi connectivity index (χ1v) is 10.5. The van der Waals surface area contributed by atoms with E-state index in [1.807, 2.05) is 12.1 Å². The summed E-state index contributed by atoms with van der Waals surface area (Å²) in [6, 6.07) is 18.0. The molecule has 0 aliphatic heterocycles. The van der Waals surface area contributed by atoms with E-state index in [4.69, 9.17) is 16.3 Å². The predicted octanol–water partition coefficient (Wildman–Crippen LogP) is 7.01. The number of carbonyl (C=O) groups excluding carboxylic acids is 1. The van der Waals surface area contributed by atoms with Crippen molar-refractivity contribution in [2.45, 2.75) is 18.5 Å². The lowest BCUT2D eigenvalue weighted by Crippen LogP contribution is -2.17. The Labute approximate surface area is 193 Å². The van der Waals surface area contributed by atoms with E-state index in [1.165, 1.54) is 19.2 Å². The zero-order valence-electron chi connectivity index (χ0n) is 17.5. The van der Waals surface area contributed by atoms with Crippen molar-refractivity contribution in [2.75, 3.05) is 12.4 Å². The highest BCUT2D eigenvalue weighted by Crippen LogP contribution is 2.40. The lowest BCUT2D eigenvalue weighted by atomic mass is 9.87. The Morgan fingerprint density at radius 3 is 2.55 bits per heavy atom. The highest BCUT2D eigenvalue weighted by Gasteiger charge is 2.34. The van der Waals surface area contributed by atoms with Crippen molar-refractivity contribution < 1.29 is 22.7 Å². The topological polar surface area (TPSA) is 54.1 Å². The molecule has 3 aromatic carbocycles. The van der Waals surface area contributed by atoms with E-state index in [0.717, 1.165) is 17.0 Å². The third-order valence-electron chi connectivity index (χ3n) is 5.44. The molecule has 0 saturated heterocycles. The van der Waals surface area contributed by atoms with Crippen molar-refractivity contribution in [1.29, 1.82) is 0 Å². The van der Waals surface area contributed by atoms with Crippen molar-refractivity contribution in [3.63, 3.8) is 0 Å². The van der Waals surface area contributed by atoms with Crippen LogP contribution in [0.5, 0.6) is 5.75 Å². The van der Waals surface area contributed by atoms with E-state index in [0.29, 0.717) is 22.6 Å². The van der Waals surface area contributed by atoms with Crippen molar-refractivity contribution >= 4 is 34.1 Å². The number of hydrogen-bond donors (Lipinski definition) is 2. The van der Waals surface area contributed by atoms with Crippen molar-refractivity contribution in [1.82, 2.24) is 4.98 Å². The molecule has 1 heterocycles. The summed E-state index contributed by atoms with van der Waals surface area (Å²) < 4.78 is 46.0. The summed E-state index contributed by atoms with van der Waals surface area (Å²) in [5.74, 6) is -0.386. The second-order valence-electron chi connectivity index (χ2n) is 7.56. The molecule has 0 radical (unpaired) electrons. The molecule has 1 unspecified atom stereocenters. The van der Waals surface area contributed by atoms with Crippen LogP contribution in [0, 0.1) is 0 Å². The number of halogens is 4. The van der Waals surface area contributed by atoms with Gasteiger partial charge in [0.05, 0.1) is 17.7 Å². The molecule has 4 nitrogen and oxygen atoms in total. The SMILES string of the molecule is COc1ccc2[nH]cc(C(CC(=O)Nc3ccccc3)c3ccc(Cl)c(C(F)(F)F)c3)c2c1. The summed E-state index contributed by atoms with van der Waals surface area (Å²) in [6.07, 6.45) is -2.97. The molecule has 0 saturated carbocycles. The highest BCUT2D eigenvalue weighted by molar-refractivity contribution is 6.31. The Hall–Kier alpha value is -3.45. The normalized spacial score (nSPS) is 12.5. The minimum absolute atomic E-state index is 0.0714. The molecular formula is C25H20ClF3N2O2. The number of alkyl halides is 3. The van der Waals surface area contributed by atoms with Crippen LogP contribution in [0.15, 0.2) is 72.9 Å². The minimum atomic E-state index is -4.62. The van der Waals surface area contributed by atoms with Gasteiger partial charge >= 0.3 is 6.18 Å². The molecule has 33 heavy (non-hydrogen) atoms. The fourth-order valence-corrected chi connectivity index (χ4v) is 4.06. The van der Waals surface area contributed by atoms with Crippen LogP contribution in [0.25, 0.3) is 10.9 Å². The summed E-state index contributed by atoms with van der Waals surface area (Å²) in [5.41, 5.74) is 1.46. The van der Waals surface area contributed by atoms with Crippen molar-refractivity contribution in [2.24, 2.45) is 0 Å². The molecule has 1 atom stereocenters. The summed E-state index contributed by atoms with van der Waals surface area (Å²) in [7, 11) is 1.53. The van der Waals surface area contributed by atoms with E-state index in [-0.39, 0.29) is 17.4 Å². The Bertz CT molecular complexity index is 1290. The van der Waals surface area contributed by atoms with Crippen LogP contribution in [0.3, 0.4) is 0 Å². The second kappa shape index (κ2) is 9.19. The molecule has 0 aliphatic rings. The number of ether oxygens (including phenoxy) is 1. The van der Waals surface area contributed by atoms with Gasteiger partial charge in [0.15, 0.2) is 0 Å². The number of aromatic nitrogens is 1. The highest BCUT2D eigenvalue weighted by atomic mass is 35.5. The Morgan fingerprint density at radius 1 is 1.09 bits per heavy atom. The molecule has 0 bridgehead atoms. The number of nitrogens with one attached hydrogen (secondary N) is 2. The first-order valence-electron chi connectivity index (χ1n) is 10.1. The van der Waals surface area contributed by atoms with Crippen molar-refractivity contribution in [3.8, 4) is 5.75 Å². The maximum atomic E-state index is 13.5. The van der Waals surface area contributed by atoms with Crippen LogP contribution in [0.1, 0.15) is 29.0 Å². The Balaban J connectivity index is 1.79. The maximum Gasteiger partial charge on any atom is 0.417 e. The predicted molar refractivity (Wildman–Crippen MR) is 123 cm³/mol. The average molecular weight is 473 g/mol. The van der Waals surface area contributed by atoms with Crippen molar-refractivity contribution in [3.05, 3.63) is 94.6 Å². The quantitative estimate of drug-likeness (QED) is 0.317. The standard InChI is InChI=1S/C25H20ClF3N2O2/c1-33-17-8-10-23-19(12-17)20(14-30-23)18(13-24(32)31-16-5-3-2-4-6-16)15-7-9-22(26)21(11-15)25(27,28)29/h2-12,14,18,30H,13H2,1H3,(H,31,32). The number of fused-ring (bicyclic) bond motifs is 1. The molecule has 0 fully saturated rings. The zero-order chi connectivity index (χ0) is 23.6. The molecule has 1 aromatic heterocycles. The minimum Gasteiger partial charge on any atom is -0.497 e. The molecule has 170 valence electrons. The van der Waals surface area contributed by atoms with Crippen LogP contribution in [0.4, 0.5) is 18.9 Å². The summed E-state index contributed by atoms with van der Waals surface area (Å²) >= 11 is 5.84. The van der Waals surface area contributed by atoms with E-state index in [2.05, 4.69) is 10.3 Å². The maximum absolute atomic E-state index is 13.5. The first-order chi connectivity index (χ1) is 15.8. The molecule has 4 rings (SSSR count). The lowest BCUT2D eigenvalue weighted by molar-refractivity contribution is -0.137. The number of aromatic amines is 1. The molecule has 4 aromatic rings. The van der Waals surface area contributed by atoms with E-state index in [1.54, 1.807) is 42.6 Å². The van der Waals surface area contributed by atoms with E-state index < -0.39 is 17.7 Å². The molecule has 0 aliphatic carbocycles. The third-order valence-corrected chi connectivity index (χ3v) is 5.77. The smallest absolute Gasteiger partial charge is 0.417 e. The van der Waals surface area contributed by atoms with Gasteiger partial charge in [-0.15, -0.1) is 0 Å².